The molecule has 4 rings (SSSR count). The van der Waals surface area contributed by atoms with Crippen molar-refractivity contribution >= 4 is 50.2 Å². The van der Waals surface area contributed by atoms with E-state index in [0.717, 1.165) is 21.4 Å². The Kier molecular flexibility index (Phi) is 6.63. The van der Waals surface area contributed by atoms with Crippen LogP contribution in [0.25, 0.3) is 10.9 Å². The summed E-state index contributed by atoms with van der Waals surface area (Å²) in [4.78, 5) is 5.12. The number of hydrogen-bond donors (Lipinski definition) is 2. The van der Waals surface area contributed by atoms with Crippen LogP contribution in [-0.2, 0) is 6.54 Å². The van der Waals surface area contributed by atoms with E-state index in [4.69, 9.17) is 0 Å². The van der Waals surface area contributed by atoms with Gasteiger partial charge >= 0.3 is 6.36 Å². The van der Waals surface area contributed by atoms with Crippen LogP contribution in [0.1, 0.15) is 5.56 Å². The van der Waals surface area contributed by atoms with Crippen molar-refractivity contribution in [1.82, 2.24) is 14.3 Å². The lowest BCUT2D eigenvalue weighted by atomic mass is 10.1. The Morgan fingerprint density at radius 2 is 2.00 bits per heavy atom. The molecule has 2 heterocycles. The van der Waals surface area contributed by atoms with Gasteiger partial charge in [0.15, 0.2) is 5.75 Å². The summed E-state index contributed by atoms with van der Waals surface area (Å²) in [5, 5.41) is 7.26. The van der Waals surface area contributed by atoms with Gasteiger partial charge in [-0.3, -0.25) is 8.96 Å². The second-order valence-corrected chi connectivity index (χ2v) is 8.80. The number of pyridine rings is 1. The number of fused-ring (bicyclic) bond motifs is 1. The summed E-state index contributed by atoms with van der Waals surface area (Å²) in [6, 6.07) is 14.0. The van der Waals surface area contributed by atoms with Gasteiger partial charge in [-0.15, -0.1) is 13.2 Å². The average molecular weight is 523 g/mol. The molecule has 0 aliphatic heterocycles. The van der Waals surface area contributed by atoms with Gasteiger partial charge in [0.25, 0.3) is 0 Å². The van der Waals surface area contributed by atoms with E-state index in [1.807, 2.05) is 47.5 Å². The molecule has 0 radical (unpaired) electrons. The first kappa shape index (κ1) is 22.5. The number of halogens is 4. The van der Waals surface area contributed by atoms with Gasteiger partial charge in [0.2, 0.25) is 0 Å². The highest BCUT2D eigenvalue weighted by Gasteiger charge is 2.32. The van der Waals surface area contributed by atoms with Gasteiger partial charge in [-0.1, -0.05) is 22.0 Å². The van der Waals surface area contributed by atoms with Crippen molar-refractivity contribution in [2.45, 2.75) is 17.8 Å². The zero-order valence-corrected chi connectivity index (χ0v) is 19.2. The van der Waals surface area contributed by atoms with Crippen molar-refractivity contribution in [2.24, 2.45) is 0 Å². The molecule has 10 heteroatoms. The van der Waals surface area contributed by atoms with Gasteiger partial charge in [0, 0.05) is 45.6 Å². The van der Waals surface area contributed by atoms with E-state index in [2.05, 4.69) is 36.3 Å². The summed E-state index contributed by atoms with van der Waals surface area (Å²) < 4.78 is 45.3. The zero-order chi connectivity index (χ0) is 22.7. The first-order valence-electron chi connectivity index (χ1n) is 9.51. The van der Waals surface area contributed by atoms with E-state index in [0.29, 0.717) is 16.7 Å². The van der Waals surface area contributed by atoms with Crippen LogP contribution < -0.4 is 15.4 Å². The number of benzene rings is 2. The number of anilines is 2. The van der Waals surface area contributed by atoms with Crippen LogP contribution in [0.4, 0.5) is 24.5 Å². The lowest BCUT2D eigenvalue weighted by Crippen LogP contribution is -2.17. The smallest absolute Gasteiger partial charge is 0.404 e. The predicted molar refractivity (Wildman–Crippen MR) is 124 cm³/mol. The molecular formula is C22H18BrF3N4OS. The minimum absolute atomic E-state index is 0.207. The fourth-order valence-electron chi connectivity index (χ4n) is 3.23. The molecule has 0 spiro atoms. The maximum absolute atomic E-state index is 12.9. The molecule has 0 aliphatic rings. The Morgan fingerprint density at radius 3 is 2.72 bits per heavy atom. The summed E-state index contributed by atoms with van der Waals surface area (Å²) in [6.45, 7) is 0.681. The number of hydrogen-bond acceptors (Lipinski definition) is 5. The topological polar surface area (TPSA) is 51.1 Å². The fourth-order valence-corrected chi connectivity index (χ4v) is 4.47. The zero-order valence-electron chi connectivity index (χ0n) is 16.8. The molecule has 0 amide bonds. The molecule has 0 unspecified atom stereocenters. The van der Waals surface area contributed by atoms with Crippen molar-refractivity contribution in [3.63, 3.8) is 0 Å². The Hall–Kier alpha value is -2.69. The molecule has 5 nitrogen and oxygen atoms in total. The first-order valence-corrected chi connectivity index (χ1v) is 11.1. The number of nitrogens with zero attached hydrogens (tertiary/aromatic N) is 2. The number of aromatic nitrogens is 2. The van der Waals surface area contributed by atoms with Crippen LogP contribution >= 0.6 is 27.9 Å². The molecule has 0 saturated heterocycles. The average Bonchev–Trinajstić information content (AvgIpc) is 3.07. The van der Waals surface area contributed by atoms with Crippen molar-refractivity contribution in [3.05, 3.63) is 77.2 Å². The summed E-state index contributed by atoms with van der Waals surface area (Å²) in [5.41, 5.74) is 2.87. The quantitative estimate of drug-likeness (QED) is 0.282. The maximum Gasteiger partial charge on any atom is 0.573 e. The number of ether oxygens (including phenoxy) is 1. The van der Waals surface area contributed by atoms with Crippen LogP contribution in [0.5, 0.6) is 5.75 Å². The molecule has 166 valence electrons. The first-order chi connectivity index (χ1) is 15.3. The second kappa shape index (κ2) is 9.43. The van der Waals surface area contributed by atoms with E-state index in [1.165, 1.54) is 24.1 Å². The highest BCUT2D eigenvalue weighted by molar-refractivity contribution is 9.10. The molecule has 2 N–H and O–H groups in total. The maximum atomic E-state index is 12.9. The van der Waals surface area contributed by atoms with Crippen molar-refractivity contribution in [1.29, 1.82) is 0 Å². The van der Waals surface area contributed by atoms with Gasteiger partial charge in [-0.25, -0.2) is 0 Å². The number of alkyl halides is 3. The fraction of sp³-hybridized carbons (Fsp3) is 0.136. The highest BCUT2D eigenvalue weighted by atomic mass is 79.9. The third-order valence-electron chi connectivity index (χ3n) is 4.51. The predicted octanol–water partition coefficient (Wildman–Crippen LogP) is 6.72. The molecule has 0 saturated carbocycles. The molecule has 0 aliphatic carbocycles. The highest BCUT2D eigenvalue weighted by Crippen LogP contribution is 2.36. The number of nitrogens with one attached hydrogen (secondary N) is 2. The van der Waals surface area contributed by atoms with Crippen molar-refractivity contribution < 1.29 is 17.9 Å². The van der Waals surface area contributed by atoms with Gasteiger partial charge in [-0.05, 0) is 67.0 Å². The van der Waals surface area contributed by atoms with Gasteiger partial charge in [-0.2, -0.15) is 0 Å². The lowest BCUT2D eigenvalue weighted by molar-refractivity contribution is -0.274. The van der Waals surface area contributed by atoms with Crippen LogP contribution in [0.15, 0.2) is 76.5 Å². The molecule has 4 aromatic rings. The largest absolute Gasteiger partial charge is 0.573 e. The van der Waals surface area contributed by atoms with Gasteiger partial charge in [0.1, 0.15) is 0 Å². The summed E-state index contributed by atoms with van der Waals surface area (Å²) >= 11 is 4.70. The Balaban J connectivity index is 1.71. The van der Waals surface area contributed by atoms with E-state index in [-0.39, 0.29) is 11.4 Å². The molecule has 0 fully saturated rings. The SMILES string of the molecule is CNCc1cn(Sc2cccnc2)c2cc(Nc3ccc(Br)cc3OC(F)(F)F)ccc12. The van der Waals surface area contributed by atoms with Gasteiger partial charge in [0.05, 0.1) is 11.2 Å². The minimum Gasteiger partial charge on any atom is -0.404 e. The standard InChI is InChI=1S/C22H18BrF3N4OS/c1-27-11-14-13-30(32-17-3-2-8-28-12-17)20-10-16(5-6-18(14)20)29-19-7-4-15(23)9-21(19)31-22(24,25)26/h2-10,12-13,27,29H,11H2,1H3. The van der Waals surface area contributed by atoms with Crippen LogP contribution in [0.2, 0.25) is 0 Å². The summed E-state index contributed by atoms with van der Waals surface area (Å²) in [5.74, 6) is -0.317. The third kappa shape index (κ3) is 5.37. The molecule has 32 heavy (non-hydrogen) atoms. The Labute approximate surface area is 195 Å². The normalized spacial score (nSPS) is 11.7. The van der Waals surface area contributed by atoms with Gasteiger partial charge < -0.3 is 15.4 Å². The van der Waals surface area contributed by atoms with E-state index >= 15 is 0 Å². The monoisotopic (exact) mass is 522 g/mol. The van der Waals surface area contributed by atoms with Crippen molar-refractivity contribution in [2.75, 3.05) is 12.4 Å². The van der Waals surface area contributed by atoms with Crippen molar-refractivity contribution in [3.8, 4) is 5.75 Å². The molecule has 2 aromatic heterocycles. The Morgan fingerprint density at radius 1 is 1.16 bits per heavy atom. The van der Waals surface area contributed by atoms with E-state index in [9.17, 15) is 13.2 Å². The molecule has 0 atom stereocenters. The lowest BCUT2D eigenvalue weighted by Gasteiger charge is -2.15. The van der Waals surface area contributed by atoms with E-state index in [1.54, 1.807) is 18.5 Å². The minimum atomic E-state index is -4.79. The molecule has 2 aromatic carbocycles. The third-order valence-corrected chi connectivity index (χ3v) is 5.95. The van der Waals surface area contributed by atoms with Crippen LogP contribution in [-0.4, -0.2) is 22.4 Å². The Bertz CT molecular complexity index is 1230. The number of rotatable bonds is 7. The molecular weight excluding hydrogens is 505 g/mol. The van der Waals surface area contributed by atoms with Crippen LogP contribution in [0.3, 0.4) is 0 Å². The summed E-state index contributed by atoms with van der Waals surface area (Å²) in [7, 11) is 1.88. The van der Waals surface area contributed by atoms with Crippen LogP contribution in [0, 0.1) is 0 Å². The molecule has 0 bridgehead atoms. The van der Waals surface area contributed by atoms with E-state index < -0.39 is 6.36 Å². The summed E-state index contributed by atoms with van der Waals surface area (Å²) in [6.07, 6.45) is 0.739. The second-order valence-electron chi connectivity index (χ2n) is 6.84.